The molecule has 0 spiro atoms. The van der Waals surface area contributed by atoms with Gasteiger partial charge in [0.25, 0.3) is 0 Å². The molecule has 1 aromatic carbocycles. The quantitative estimate of drug-likeness (QED) is 0.689. The molecule has 0 unspecified atom stereocenters. The van der Waals surface area contributed by atoms with Crippen molar-refractivity contribution < 1.29 is 9.53 Å². The van der Waals surface area contributed by atoms with E-state index in [1.54, 1.807) is 7.11 Å². The normalized spacial score (nSPS) is 18.0. The molecule has 154 valence electrons. The predicted octanol–water partition coefficient (Wildman–Crippen LogP) is 3.49. The van der Waals surface area contributed by atoms with E-state index >= 15 is 0 Å². The number of benzene rings is 1. The van der Waals surface area contributed by atoms with Crippen molar-refractivity contribution in [3.05, 3.63) is 59.9 Å². The fourth-order valence-electron chi connectivity index (χ4n) is 4.35. The lowest BCUT2D eigenvalue weighted by molar-refractivity contribution is -0.141. The number of nitrogens with zero attached hydrogens (tertiary/aromatic N) is 3. The zero-order chi connectivity index (χ0) is 20.4. The molecule has 1 aliphatic carbocycles. The number of carbonyl (C=O) groups excluding carboxylic acids is 1. The maximum absolute atomic E-state index is 13.3. The van der Waals surface area contributed by atoms with Crippen LogP contribution in [0.5, 0.6) is 5.75 Å². The second-order valence-corrected chi connectivity index (χ2v) is 8.86. The van der Waals surface area contributed by atoms with Crippen molar-refractivity contribution in [3.63, 3.8) is 0 Å². The fourth-order valence-corrected chi connectivity index (χ4v) is 4.35. The zero-order valence-electron chi connectivity index (χ0n) is 17.7. The minimum Gasteiger partial charge on any atom is -0.497 e. The van der Waals surface area contributed by atoms with Crippen molar-refractivity contribution in [3.8, 4) is 5.75 Å². The lowest BCUT2D eigenvalue weighted by Gasteiger charge is -2.47. The van der Waals surface area contributed by atoms with Crippen LogP contribution >= 0.6 is 0 Å². The molecule has 1 saturated heterocycles. The van der Waals surface area contributed by atoms with Crippen molar-refractivity contribution in [1.82, 2.24) is 14.8 Å². The van der Waals surface area contributed by atoms with Gasteiger partial charge in [-0.05, 0) is 48.1 Å². The molecule has 0 bridgehead atoms. The number of ether oxygens (including phenoxy) is 1. The van der Waals surface area contributed by atoms with E-state index in [9.17, 15) is 4.79 Å². The molecule has 29 heavy (non-hydrogen) atoms. The van der Waals surface area contributed by atoms with Gasteiger partial charge in [-0.15, -0.1) is 0 Å². The summed E-state index contributed by atoms with van der Waals surface area (Å²) in [5, 5.41) is 0. The highest BCUT2D eigenvalue weighted by atomic mass is 16.5. The van der Waals surface area contributed by atoms with Crippen molar-refractivity contribution in [1.29, 1.82) is 0 Å². The smallest absolute Gasteiger partial charge is 0.233 e. The molecule has 1 amide bonds. The van der Waals surface area contributed by atoms with Crippen LogP contribution in [0.1, 0.15) is 37.8 Å². The van der Waals surface area contributed by atoms with Crippen molar-refractivity contribution in [2.24, 2.45) is 5.92 Å². The number of pyridine rings is 1. The summed E-state index contributed by atoms with van der Waals surface area (Å²) < 4.78 is 5.26. The fraction of sp³-hybridized carbons (Fsp3) is 0.500. The highest BCUT2D eigenvalue weighted by Crippen LogP contribution is 2.50. The Morgan fingerprint density at radius 2 is 1.97 bits per heavy atom. The molecule has 2 heterocycles. The Balaban J connectivity index is 1.40. The molecule has 1 aromatic heterocycles. The van der Waals surface area contributed by atoms with Crippen LogP contribution in [0, 0.1) is 5.92 Å². The monoisotopic (exact) mass is 393 g/mol. The summed E-state index contributed by atoms with van der Waals surface area (Å²) in [5.74, 6) is 1.72. The van der Waals surface area contributed by atoms with Gasteiger partial charge < -0.3 is 9.64 Å². The van der Waals surface area contributed by atoms with Crippen LogP contribution in [0.25, 0.3) is 0 Å². The molecular formula is C24H31N3O2. The van der Waals surface area contributed by atoms with Gasteiger partial charge in [0.1, 0.15) is 5.75 Å². The molecule has 0 N–H and O–H groups in total. The third-order valence-corrected chi connectivity index (χ3v) is 6.18. The Morgan fingerprint density at radius 3 is 2.52 bits per heavy atom. The van der Waals surface area contributed by atoms with E-state index in [2.05, 4.69) is 46.8 Å². The van der Waals surface area contributed by atoms with Crippen LogP contribution in [0.4, 0.5) is 0 Å². The summed E-state index contributed by atoms with van der Waals surface area (Å²) in [4.78, 5) is 22.1. The van der Waals surface area contributed by atoms with Gasteiger partial charge in [0.15, 0.2) is 0 Å². The second-order valence-electron chi connectivity index (χ2n) is 8.86. The molecule has 2 aliphatic rings. The lowest BCUT2D eigenvalue weighted by Crippen LogP contribution is -2.63. The van der Waals surface area contributed by atoms with Gasteiger partial charge >= 0.3 is 0 Å². The van der Waals surface area contributed by atoms with Crippen molar-refractivity contribution in [2.45, 2.75) is 44.7 Å². The van der Waals surface area contributed by atoms with Crippen LogP contribution in [-0.2, 0) is 16.8 Å². The first-order valence-electron chi connectivity index (χ1n) is 10.6. The predicted molar refractivity (Wildman–Crippen MR) is 114 cm³/mol. The van der Waals surface area contributed by atoms with Crippen LogP contribution in [0.3, 0.4) is 0 Å². The maximum atomic E-state index is 13.3. The Kier molecular flexibility index (Phi) is 5.59. The number of hydrogen-bond acceptors (Lipinski definition) is 4. The summed E-state index contributed by atoms with van der Waals surface area (Å²) in [5.41, 5.74) is 2.06. The van der Waals surface area contributed by atoms with E-state index in [1.807, 2.05) is 30.6 Å². The van der Waals surface area contributed by atoms with E-state index in [0.29, 0.717) is 17.9 Å². The molecule has 5 nitrogen and oxygen atoms in total. The third-order valence-electron chi connectivity index (χ3n) is 6.18. The van der Waals surface area contributed by atoms with Gasteiger partial charge in [-0.25, -0.2) is 0 Å². The van der Waals surface area contributed by atoms with Gasteiger partial charge in [0, 0.05) is 44.6 Å². The number of rotatable bonds is 8. The van der Waals surface area contributed by atoms with Gasteiger partial charge in [0.2, 0.25) is 5.91 Å². The minimum absolute atomic E-state index is 0.296. The topological polar surface area (TPSA) is 45.7 Å². The molecule has 1 saturated carbocycles. The largest absolute Gasteiger partial charge is 0.497 e. The number of carbonyl (C=O) groups is 1. The van der Waals surface area contributed by atoms with E-state index < -0.39 is 0 Å². The number of likely N-dealkylation sites (tertiary alicyclic amines) is 1. The standard InChI is InChI=1S/C24H31N3O2/c1-18(2)14-26(15-19-5-4-12-25-13-19)21-16-27(17-21)23(28)24(10-11-24)20-6-8-22(29-3)9-7-20/h4-9,12-13,18,21H,10-11,14-17H2,1-3H3. The third kappa shape index (κ3) is 4.15. The number of amides is 1. The van der Waals surface area contributed by atoms with Crippen LogP contribution in [-0.4, -0.2) is 53.5 Å². The SMILES string of the molecule is COc1ccc(C2(C(=O)N3CC(N(Cc4cccnc4)CC(C)C)C3)CC2)cc1. The summed E-state index contributed by atoms with van der Waals surface area (Å²) in [6, 6.07) is 12.6. The first-order valence-corrected chi connectivity index (χ1v) is 10.6. The average molecular weight is 394 g/mol. The summed E-state index contributed by atoms with van der Waals surface area (Å²) in [6.07, 6.45) is 5.65. The van der Waals surface area contributed by atoms with Gasteiger partial charge in [-0.2, -0.15) is 0 Å². The molecular weight excluding hydrogens is 362 g/mol. The van der Waals surface area contributed by atoms with Crippen molar-refractivity contribution >= 4 is 5.91 Å². The molecule has 1 aliphatic heterocycles. The van der Waals surface area contributed by atoms with Crippen LogP contribution in [0.15, 0.2) is 48.8 Å². The van der Waals surface area contributed by atoms with Gasteiger partial charge in [-0.1, -0.05) is 32.0 Å². The number of methoxy groups -OCH3 is 1. The highest BCUT2D eigenvalue weighted by Gasteiger charge is 2.55. The Labute approximate surface area is 173 Å². The second kappa shape index (κ2) is 8.15. The Morgan fingerprint density at radius 1 is 1.24 bits per heavy atom. The van der Waals surface area contributed by atoms with E-state index in [-0.39, 0.29) is 5.41 Å². The van der Waals surface area contributed by atoms with E-state index in [1.165, 1.54) is 5.56 Å². The number of aromatic nitrogens is 1. The zero-order valence-corrected chi connectivity index (χ0v) is 17.7. The summed E-state index contributed by atoms with van der Waals surface area (Å²) in [7, 11) is 1.67. The highest BCUT2D eigenvalue weighted by molar-refractivity contribution is 5.92. The first kappa shape index (κ1) is 19.9. The van der Waals surface area contributed by atoms with E-state index in [4.69, 9.17) is 4.74 Å². The number of hydrogen-bond donors (Lipinski definition) is 0. The van der Waals surface area contributed by atoms with Crippen LogP contribution < -0.4 is 4.74 Å². The van der Waals surface area contributed by atoms with E-state index in [0.717, 1.165) is 50.3 Å². The van der Waals surface area contributed by atoms with Gasteiger partial charge in [0.05, 0.1) is 12.5 Å². The Hall–Kier alpha value is -2.40. The molecule has 0 radical (unpaired) electrons. The summed E-state index contributed by atoms with van der Waals surface area (Å²) >= 11 is 0. The minimum atomic E-state index is -0.302. The summed E-state index contributed by atoms with van der Waals surface area (Å²) in [6.45, 7) is 8.07. The first-order chi connectivity index (χ1) is 14.0. The molecule has 4 rings (SSSR count). The Bertz CT molecular complexity index is 825. The van der Waals surface area contributed by atoms with Crippen LogP contribution in [0.2, 0.25) is 0 Å². The van der Waals surface area contributed by atoms with Gasteiger partial charge in [-0.3, -0.25) is 14.7 Å². The van der Waals surface area contributed by atoms with Crippen molar-refractivity contribution in [2.75, 3.05) is 26.7 Å². The molecule has 0 atom stereocenters. The molecule has 2 fully saturated rings. The average Bonchev–Trinajstić information content (AvgIpc) is 3.49. The maximum Gasteiger partial charge on any atom is 0.233 e. The molecule has 5 heteroatoms. The molecule has 2 aromatic rings. The lowest BCUT2D eigenvalue weighted by atomic mass is 9.91.